The highest BCUT2D eigenvalue weighted by Gasteiger charge is 2.50. The Balaban J connectivity index is 2.75. The van der Waals surface area contributed by atoms with E-state index in [2.05, 4.69) is 10.1 Å². The molecule has 0 aromatic heterocycles. The summed E-state index contributed by atoms with van der Waals surface area (Å²) < 4.78 is 38.2. The van der Waals surface area contributed by atoms with Gasteiger partial charge in [-0.05, 0) is 27.7 Å². The molecule has 1 saturated heterocycles. The van der Waals surface area contributed by atoms with Crippen LogP contribution < -0.4 is 5.32 Å². The molecule has 28 heavy (non-hydrogen) atoms. The Morgan fingerprint density at radius 3 is 2.43 bits per heavy atom. The molecule has 0 saturated carbocycles. The minimum Gasteiger partial charge on any atom is -0.469 e. The zero-order valence-electron chi connectivity index (χ0n) is 17.4. The van der Waals surface area contributed by atoms with Crippen LogP contribution in [0.4, 0.5) is 0 Å². The van der Waals surface area contributed by atoms with E-state index in [9.17, 15) is 18.9 Å². The van der Waals surface area contributed by atoms with Gasteiger partial charge in [-0.3, -0.25) is 23.4 Å². The Labute approximate surface area is 165 Å². The van der Waals surface area contributed by atoms with Crippen LogP contribution in [-0.4, -0.2) is 50.5 Å². The summed E-state index contributed by atoms with van der Waals surface area (Å²) in [6, 6.07) is 0. The van der Waals surface area contributed by atoms with Gasteiger partial charge in [0.1, 0.15) is 0 Å². The van der Waals surface area contributed by atoms with E-state index in [-0.39, 0.29) is 19.6 Å². The number of hydrogen-bond acceptors (Lipinski definition) is 9. The van der Waals surface area contributed by atoms with E-state index >= 15 is 0 Å². The number of hydrogen-bond donors (Lipinski definition) is 1. The molecule has 1 aliphatic rings. The molecule has 1 fully saturated rings. The highest BCUT2D eigenvalue weighted by atomic mass is 31.2. The van der Waals surface area contributed by atoms with Gasteiger partial charge in [-0.25, -0.2) is 9.09 Å². The van der Waals surface area contributed by atoms with Crippen molar-refractivity contribution in [3.05, 3.63) is 0 Å². The van der Waals surface area contributed by atoms with Crippen molar-refractivity contribution in [1.82, 2.24) is 5.32 Å². The second-order valence-electron chi connectivity index (χ2n) is 8.14. The largest absolute Gasteiger partial charge is 0.478 e. The molecule has 11 heteroatoms. The number of amides is 1. The van der Waals surface area contributed by atoms with E-state index < -0.39 is 48.9 Å². The maximum absolute atomic E-state index is 12.8. The van der Waals surface area contributed by atoms with Crippen molar-refractivity contribution in [3.8, 4) is 0 Å². The van der Waals surface area contributed by atoms with Crippen LogP contribution in [0, 0.1) is 10.8 Å². The Morgan fingerprint density at radius 1 is 1.29 bits per heavy atom. The molecule has 0 aromatic carbocycles. The molecule has 1 N–H and O–H groups in total. The van der Waals surface area contributed by atoms with Crippen LogP contribution in [-0.2, 0) is 42.0 Å². The van der Waals surface area contributed by atoms with Gasteiger partial charge in [-0.2, -0.15) is 0 Å². The molecule has 0 aliphatic carbocycles. The van der Waals surface area contributed by atoms with Crippen molar-refractivity contribution in [1.29, 1.82) is 0 Å². The van der Waals surface area contributed by atoms with E-state index in [1.54, 1.807) is 34.6 Å². The monoisotopic (exact) mass is 423 g/mol. The smallest absolute Gasteiger partial charge is 0.469 e. The summed E-state index contributed by atoms with van der Waals surface area (Å²) in [6.07, 6.45) is -2.38. The molecule has 0 radical (unpaired) electrons. The lowest BCUT2D eigenvalue weighted by Gasteiger charge is -2.39. The summed E-state index contributed by atoms with van der Waals surface area (Å²) in [4.78, 5) is 35.5. The number of carbonyl (C=O) groups is 3. The third-order valence-corrected chi connectivity index (χ3v) is 5.27. The van der Waals surface area contributed by atoms with Gasteiger partial charge in [0, 0.05) is 12.0 Å². The third kappa shape index (κ3) is 7.16. The fourth-order valence-corrected chi connectivity index (χ4v) is 3.80. The van der Waals surface area contributed by atoms with Crippen molar-refractivity contribution < 1.29 is 42.0 Å². The fraction of sp³-hybridized carbons (Fsp3) is 0.824. The Hall–Kier alpha value is -1.48. The normalized spacial score (nSPS) is 25.5. The third-order valence-electron chi connectivity index (χ3n) is 3.80. The number of esters is 2. The Bertz CT molecular complexity index is 641. The quantitative estimate of drug-likeness (QED) is 0.372. The van der Waals surface area contributed by atoms with Crippen molar-refractivity contribution in [3.63, 3.8) is 0 Å². The first kappa shape index (κ1) is 24.6. The van der Waals surface area contributed by atoms with Crippen LogP contribution in [0.15, 0.2) is 0 Å². The molecule has 1 heterocycles. The van der Waals surface area contributed by atoms with Gasteiger partial charge in [0.25, 0.3) is 0 Å². The second kappa shape index (κ2) is 9.35. The lowest BCUT2D eigenvalue weighted by Crippen LogP contribution is -2.50. The maximum atomic E-state index is 12.8. The van der Waals surface area contributed by atoms with E-state index in [1.165, 1.54) is 14.0 Å². The Morgan fingerprint density at radius 2 is 1.89 bits per heavy atom. The predicted molar refractivity (Wildman–Crippen MR) is 97.9 cm³/mol. The highest BCUT2D eigenvalue weighted by molar-refractivity contribution is 7.48. The molecule has 1 aliphatic heterocycles. The van der Waals surface area contributed by atoms with Gasteiger partial charge in [0.05, 0.1) is 25.6 Å². The van der Waals surface area contributed by atoms with Gasteiger partial charge in [0.15, 0.2) is 6.10 Å². The number of nitrogens with one attached hydrogen (secondary N) is 1. The summed E-state index contributed by atoms with van der Waals surface area (Å²) in [6.45, 7) is 9.71. The van der Waals surface area contributed by atoms with Crippen LogP contribution in [0.1, 0.15) is 48.0 Å². The molecule has 3 atom stereocenters. The molecule has 0 bridgehead atoms. The number of phosphoric ester groups is 1. The number of carbonyl (C=O) groups excluding carboxylic acids is 3. The number of ether oxygens (including phenoxy) is 2. The van der Waals surface area contributed by atoms with Crippen LogP contribution in [0.2, 0.25) is 0 Å². The van der Waals surface area contributed by atoms with Crippen molar-refractivity contribution in [2.75, 3.05) is 20.3 Å². The first-order valence-corrected chi connectivity index (χ1v) is 10.3. The SMILES string of the molecule is COC(=O)CCNC(=O)[C@@H]1OP(=O)(OC(C)OC(=O)C(C)(C)C)OCC1(C)C. The minimum absolute atomic E-state index is 0.0140. The first-order chi connectivity index (χ1) is 12.7. The average molecular weight is 423 g/mol. The highest BCUT2D eigenvalue weighted by Crippen LogP contribution is 2.58. The van der Waals surface area contributed by atoms with Gasteiger partial charge in [0.2, 0.25) is 12.2 Å². The van der Waals surface area contributed by atoms with Crippen LogP contribution in [0.25, 0.3) is 0 Å². The zero-order valence-corrected chi connectivity index (χ0v) is 18.3. The van der Waals surface area contributed by atoms with Gasteiger partial charge >= 0.3 is 19.8 Å². The topological polar surface area (TPSA) is 126 Å². The fourth-order valence-electron chi connectivity index (χ4n) is 2.09. The predicted octanol–water partition coefficient (Wildman–Crippen LogP) is 2.17. The molecule has 1 rings (SSSR count). The van der Waals surface area contributed by atoms with E-state index in [0.29, 0.717) is 0 Å². The van der Waals surface area contributed by atoms with Crippen molar-refractivity contribution in [2.45, 2.75) is 60.4 Å². The van der Waals surface area contributed by atoms with Crippen LogP contribution in [0.5, 0.6) is 0 Å². The van der Waals surface area contributed by atoms with Gasteiger partial charge in [-0.15, -0.1) is 0 Å². The van der Waals surface area contributed by atoms with Gasteiger partial charge < -0.3 is 14.8 Å². The maximum Gasteiger partial charge on any atom is 0.478 e. The molecular formula is C17H30NO9P. The lowest BCUT2D eigenvalue weighted by molar-refractivity contribution is -0.177. The van der Waals surface area contributed by atoms with E-state index in [1.807, 2.05) is 0 Å². The molecule has 2 unspecified atom stereocenters. The second-order valence-corrected chi connectivity index (χ2v) is 9.71. The molecule has 162 valence electrons. The average Bonchev–Trinajstić information content (AvgIpc) is 2.56. The van der Waals surface area contributed by atoms with Gasteiger partial charge in [-0.1, -0.05) is 13.8 Å². The Kier molecular flexibility index (Phi) is 8.20. The molecule has 0 spiro atoms. The number of rotatable bonds is 7. The summed E-state index contributed by atoms with van der Waals surface area (Å²) in [5.41, 5.74) is -1.58. The first-order valence-electron chi connectivity index (χ1n) is 8.87. The summed E-state index contributed by atoms with van der Waals surface area (Å²) in [7, 11) is -2.91. The summed E-state index contributed by atoms with van der Waals surface area (Å²) in [5.74, 6) is -1.60. The molecule has 1 amide bonds. The lowest BCUT2D eigenvalue weighted by atomic mass is 9.87. The zero-order chi connectivity index (χ0) is 21.8. The van der Waals surface area contributed by atoms with Crippen LogP contribution in [0.3, 0.4) is 0 Å². The van der Waals surface area contributed by atoms with Crippen molar-refractivity contribution in [2.24, 2.45) is 10.8 Å². The summed E-state index contributed by atoms with van der Waals surface area (Å²) in [5, 5.41) is 2.53. The number of methoxy groups -OCH3 is 1. The standard InChI is InChI=1S/C17H30NO9P/c1-11(25-15(21)16(2,3)4)26-28(22)24-10-17(5,6)13(27-28)14(20)18-9-8-12(19)23-7/h11,13H,8-10H2,1-7H3,(H,18,20)/t11?,13-,28?/m0/s1. The minimum atomic E-state index is -4.15. The molecular weight excluding hydrogens is 393 g/mol. The number of phosphoric acid groups is 1. The molecule has 0 aromatic rings. The van der Waals surface area contributed by atoms with E-state index in [4.69, 9.17) is 18.3 Å². The molecule has 10 nitrogen and oxygen atoms in total. The van der Waals surface area contributed by atoms with Crippen molar-refractivity contribution >= 4 is 25.7 Å². The van der Waals surface area contributed by atoms with E-state index in [0.717, 1.165) is 0 Å². The van der Waals surface area contributed by atoms with Crippen LogP contribution >= 0.6 is 7.82 Å². The summed E-state index contributed by atoms with van der Waals surface area (Å²) >= 11 is 0.